The lowest BCUT2D eigenvalue weighted by molar-refractivity contribution is -0.116. The fourth-order valence-corrected chi connectivity index (χ4v) is 4.27. The van der Waals surface area contributed by atoms with Gasteiger partial charge in [0.2, 0.25) is 0 Å². The minimum atomic E-state index is -0.0669. The monoisotopic (exact) mass is 356 g/mol. The molecule has 0 heterocycles. The molecule has 0 aliphatic heterocycles. The van der Waals surface area contributed by atoms with Gasteiger partial charge in [-0.25, -0.2) is 0 Å². The molecule has 1 aromatic rings. The first-order chi connectivity index (χ1) is 12.6. The molecule has 1 saturated carbocycles. The SMILES string of the molecule is CCCCCCCCC1CCC(c2ccc(C(=O)CC(C)=O)cc2)CC1. The van der Waals surface area contributed by atoms with Crippen molar-refractivity contribution in [1.82, 2.24) is 0 Å². The molecular weight excluding hydrogens is 320 g/mol. The molecule has 26 heavy (non-hydrogen) atoms. The number of benzene rings is 1. The van der Waals surface area contributed by atoms with Crippen LogP contribution in [0.4, 0.5) is 0 Å². The van der Waals surface area contributed by atoms with E-state index < -0.39 is 0 Å². The van der Waals surface area contributed by atoms with Crippen molar-refractivity contribution >= 4 is 11.6 Å². The first-order valence-electron chi connectivity index (χ1n) is 10.7. The number of carbonyl (C=O) groups is 2. The van der Waals surface area contributed by atoms with E-state index in [1.165, 1.54) is 83.1 Å². The lowest BCUT2D eigenvalue weighted by Gasteiger charge is -2.29. The molecule has 1 aromatic carbocycles. The first-order valence-corrected chi connectivity index (χ1v) is 10.7. The molecular formula is C24H36O2. The molecule has 0 spiro atoms. The van der Waals surface area contributed by atoms with E-state index in [-0.39, 0.29) is 18.0 Å². The van der Waals surface area contributed by atoms with Crippen molar-refractivity contribution in [3.8, 4) is 0 Å². The van der Waals surface area contributed by atoms with Crippen LogP contribution in [-0.2, 0) is 4.79 Å². The highest BCUT2D eigenvalue weighted by Gasteiger charge is 2.22. The van der Waals surface area contributed by atoms with Crippen LogP contribution in [0.25, 0.3) is 0 Å². The summed E-state index contributed by atoms with van der Waals surface area (Å²) in [7, 11) is 0. The van der Waals surface area contributed by atoms with E-state index in [1.807, 2.05) is 12.1 Å². The Morgan fingerprint density at radius 2 is 1.50 bits per heavy atom. The van der Waals surface area contributed by atoms with Crippen LogP contribution in [-0.4, -0.2) is 11.6 Å². The number of unbranched alkanes of at least 4 members (excludes halogenated alkanes) is 5. The van der Waals surface area contributed by atoms with Gasteiger partial charge in [0, 0.05) is 5.56 Å². The van der Waals surface area contributed by atoms with Gasteiger partial charge in [0.1, 0.15) is 5.78 Å². The summed E-state index contributed by atoms with van der Waals surface area (Å²) in [5.74, 6) is 1.44. The average Bonchev–Trinajstić information content (AvgIpc) is 2.65. The Kier molecular flexibility index (Phi) is 9.08. The summed E-state index contributed by atoms with van der Waals surface area (Å²) in [4.78, 5) is 23.0. The Labute approximate surface area is 159 Å². The van der Waals surface area contributed by atoms with Crippen LogP contribution in [0.2, 0.25) is 0 Å². The number of hydrogen-bond donors (Lipinski definition) is 0. The van der Waals surface area contributed by atoms with Crippen LogP contribution < -0.4 is 0 Å². The Morgan fingerprint density at radius 1 is 0.885 bits per heavy atom. The van der Waals surface area contributed by atoms with Crippen LogP contribution in [0.5, 0.6) is 0 Å². The number of carbonyl (C=O) groups excluding carboxylic acids is 2. The number of hydrogen-bond acceptors (Lipinski definition) is 2. The number of rotatable bonds is 11. The number of Topliss-reactive ketones (excluding diaryl/α,β-unsaturated/α-hetero) is 2. The Morgan fingerprint density at radius 3 is 2.12 bits per heavy atom. The molecule has 1 fully saturated rings. The predicted molar refractivity (Wildman–Crippen MR) is 109 cm³/mol. The van der Waals surface area contributed by atoms with E-state index >= 15 is 0 Å². The zero-order chi connectivity index (χ0) is 18.8. The van der Waals surface area contributed by atoms with Gasteiger partial charge in [0.05, 0.1) is 6.42 Å². The molecule has 1 aliphatic carbocycles. The molecule has 2 heteroatoms. The Balaban J connectivity index is 1.70. The van der Waals surface area contributed by atoms with Crippen LogP contribution in [0.15, 0.2) is 24.3 Å². The summed E-state index contributed by atoms with van der Waals surface area (Å²) >= 11 is 0. The van der Waals surface area contributed by atoms with Gasteiger partial charge in [-0.05, 0) is 50.0 Å². The fourth-order valence-electron chi connectivity index (χ4n) is 4.27. The van der Waals surface area contributed by atoms with Crippen molar-refractivity contribution in [3.05, 3.63) is 35.4 Å². The molecule has 0 unspecified atom stereocenters. The topological polar surface area (TPSA) is 34.1 Å². The minimum Gasteiger partial charge on any atom is -0.300 e. The zero-order valence-corrected chi connectivity index (χ0v) is 16.8. The summed E-state index contributed by atoms with van der Waals surface area (Å²) < 4.78 is 0. The largest absolute Gasteiger partial charge is 0.300 e. The maximum absolute atomic E-state index is 11.9. The molecule has 2 rings (SSSR count). The van der Waals surface area contributed by atoms with Gasteiger partial charge in [0.25, 0.3) is 0 Å². The standard InChI is InChI=1S/C24H36O2/c1-3-4-5-6-7-8-9-20-10-12-21(13-11-20)22-14-16-23(17-15-22)24(26)18-19(2)25/h14-17,20-21H,3-13,18H2,1-2H3. The maximum Gasteiger partial charge on any atom is 0.170 e. The highest BCUT2D eigenvalue weighted by Crippen LogP contribution is 2.37. The van der Waals surface area contributed by atoms with Crippen LogP contribution in [0.3, 0.4) is 0 Å². The quantitative estimate of drug-likeness (QED) is 0.246. The molecule has 0 saturated heterocycles. The highest BCUT2D eigenvalue weighted by molar-refractivity contribution is 6.07. The van der Waals surface area contributed by atoms with E-state index in [1.54, 1.807) is 0 Å². The summed E-state index contributed by atoms with van der Waals surface area (Å²) in [5, 5.41) is 0. The van der Waals surface area contributed by atoms with Gasteiger partial charge in [-0.1, -0.05) is 76.1 Å². The summed E-state index contributed by atoms with van der Waals surface area (Å²) in [5.41, 5.74) is 2.03. The zero-order valence-electron chi connectivity index (χ0n) is 16.8. The van der Waals surface area contributed by atoms with Crippen molar-refractivity contribution in [2.75, 3.05) is 0 Å². The van der Waals surface area contributed by atoms with Crippen molar-refractivity contribution < 1.29 is 9.59 Å². The highest BCUT2D eigenvalue weighted by atomic mass is 16.1. The summed E-state index contributed by atoms with van der Waals surface area (Å²) in [6, 6.07) is 8.02. The Bertz CT molecular complexity index is 550. The minimum absolute atomic E-state index is 0.0168. The molecule has 0 bridgehead atoms. The van der Waals surface area contributed by atoms with Crippen molar-refractivity contribution in [3.63, 3.8) is 0 Å². The lowest BCUT2D eigenvalue weighted by atomic mass is 9.77. The smallest absolute Gasteiger partial charge is 0.170 e. The molecule has 0 N–H and O–H groups in total. The van der Waals surface area contributed by atoms with Gasteiger partial charge >= 0.3 is 0 Å². The molecule has 0 amide bonds. The van der Waals surface area contributed by atoms with Gasteiger partial charge < -0.3 is 0 Å². The van der Waals surface area contributed by atoms with E-state index in [0.29, 0.717) is 11.5 Å². The maximum atomic E-state index is 11.9. The van der Waals surface area contributed by atoms with E-state index in [2.05, 4.69) is 19.1 Å². The molecule has 1 aliphatic rings. The van der Waals surface area contributed by atoms with Crippen LogP contribution in [0.1, 0.15) is 113 Å². The third kappa shape index (κ3) is 7.05. The van der Waals surface area contributed by atoms with Crippen molar-refractivity contribution in [2.24, 2.45) is 5.92 Å². The summed E-state index contributed by atoms with van der Waals surface area (Å²) in [6.45, 7) is 3.74. The van der Waals surface area contributed by atoms with Crippen molar-refractivity contribution in [2.45, 2.75) is 96.8 Å². The van der Waals surface area contributed by atoms with Crippen LogP contribution in [0, 0.1) is 5.92 Å². The first kappa shape index (κ1) is 20.9. The van der Waals surface area contributed by atoms with Gasteiger partial charge in [-0.2, -0.15) is 0 Å². The third-order valence-electron chi connectivity index (χ3n) is 5.93. The van der Waals surface area contributed by atoms with E-state index in [0.717, 1.165) is 5.92 Å². The Hall–Kier alpha value is -1.44. The summed E-state index contributed by atoms with van der Waals surface area (Å²) in [6.07, 6.45) is 15.1. The van der Waals surface area contributed by atoms with Gasteiger partial charge in [-0.15, -0.1) is 0 Å². The van der Waals surface area contributed by atoms with E-state index in [4.69, 9.17) is 0 Å². The predicted octanol–water partition coefficient (Wildman–Crippen LogP) is 6.87. The molecule has 0 radical (unpaired) electrons. The second-order valence-corrected chi connectivity index (χ2v) is 8.20. The lowest BCUT2D eigenvalue weighted by Crippen LogP contribution is -2.13. The second-order valence-electron chi connectivity index (χ2n) is 8.20. The fraction of sp³-hybridized carbons (Fsp3) is 0.667. The normalized spacial score (nSPS) is 20.1. The van der Waals surface area contributed by atoms with Crippen molar-refractivity contribution in [1.29, 1.82) is 0 Å². The third-order valence-corrected chi connectivity index (χ3v) is 5.93. The van der Waals surface area contributed by atoms with Gasteiger partial charge in [0.15, 0.2) is 5.78 Å². The molecule has 2 nitrogen and oxygen atoms in total. The second kappa shape index (κ2) is 11.3. The average molecular weight is 357 g/mol. The molecule has 144 valence electrons. The molecule has 0 atom stereocenters. The number of ketones is 2. The van der Waals surface area contributed by atoms with E-state index in [9.17, 15) is 9.59 Å². The van der Waals surface area contributed by atoms with Gasteiger partial charge in [-0.3, -0.25) is 9.59 Å². The molecule has 0 aromatic heterocycles. The van der Waals surface area contributed by atoms with Crippen LogP contribution >= 0.6 is 0 Å².